The summed E-state index contributed by atoms with van der Waals surface area (Å²) in [5.74, 6) is 0.917. The summed E-state index contributed by atoms with van der Waals surface area (Å²) in [6.45, 7) is 0. The molecule has 0 aliphatic heterocycles. The Hall–Kier alpha value is -7.95. The van der Waals surface area contributed by atoms with Crippen molar-refractivity contribution in [3.63, 3.8) is 0 Å². The first-order valence-electron chi connectivity index (χ1n) is 20.1. The number of imidazole rings is 1. The van der Waals surface area contributed by atoms with Crippen LogP contribution in [0.5, 0.6) is 0 Å². The number of para-hydroxylation sites is 4. The molecule has 0 aliphatic rings. The number of rotatable bonds is 6. The molecule has 0 unspecified atom stereocenters. The number of hydrogen-bond acceptors (Lipinski definition) is 1. The molecule has 0 saturated heterocycles. The molecule has 12 aromatic rings. The fourth-order valence-corrected chi connectivity index (χ4v) is 9.17. The first-order chi connectivity index (χ1) is 29.3. The van der Waals surface area contributed by atoms with E-state index in [-0.39, 0.29) is 0 Å². The molecule has 0 fully saturated rings. The second kappa shape index (κ2) is 13.3. The highest BCUT2D eigenvalue weighted by molar-refractivity contribution is 6.26. The summed E-state index contributed by atoms with van der Waals surface area (Å²) >= 11 is 0. The minimum absolute atomic E-state index is 0.917. The summed E-state index contributed by atoms with van der Waals surface area (Å²) in [6, 6.07) is 78.6. The number of fused-ring (bicyclic) bond motifs is 8. The maximum absolute atomic E-state index is 5.18. The molecule has 4 nitrogen and oxygen atoms in total. The predicted molar refractivity (Wildman–Crippen MR) is 246 cm³/mol. The van der Waals surface area contributed by atoms with Crippen LogP contribution in [-0.4, -0.2) is 18.7 Å². The van der Waals surface area contributed by atoms with Crippen LogP contribution in [0, 0.1) is 0 Å². The Labute approximate surface area is 341 Å². The first-order valence-corrected chi connectivity index (χ1v) is 20.1. The average Bonchev–Trinajstić information content (AvgIpc) is 3.98. The molecule has 3 aromatic heterocycles. The van der Waals surface area contributed by atoms with Gasteiger partial charge in [0.15, 0.2) is 0 Å². The van der Waals surface area contributed by atoms with E-state index in [0.29, 0.717) is 0 Å². The lowest BCUT2D eigenvalue weighted by molar-refractivity contribution is 1.10. The van der Waals surface area contributed by atoms with Gasteiger partial charge in [0, 0.05) is 44.2 Å². The van der Waals surface area contributed by atoms with Crippen molar-refractivity contribution in [2.75, 3.05) is 0 Å². The van der Waals surface area contributed by atoms with Gasteiger partial charge in [-0.2, -0.15) is 0 Å². The van der Waals surface area contributed by atoms with E-state index in [1.807, 2.05) is 0 Å². The Kier molecular flexibility index (Phi) is 7.50. The summed E-state index contributed by atoms with van der Waals surface area (Å²) in [7, 11) is 0. The minimum atomic E-state index is 0.917. The van der Waals surface area contributed by atoms with Gasteiger partial charge in [0.1, 0.15) is 5.82 Å². The van der Waals surface area contributed by atoms with Gasteiger partial charge < -0.3 is 9.13 Å². The summed E-state index contributed by atoms with van der Waals surface area (Å²) in [4.78, 5) is 5.18. The van der Waals surface area contributed by atoms with Gasteiger partial charge in [0.05, 0.1) is 33.1 Å². The standard InChI is InChI=1S/C55H36N4/c1-5-15-37(16-6-1)40-27-32-49-46(35-40)45-31-34-52-53(47-36-41(38-17-7-2-8-18-38)28-33-50(47)57(52)42-19-9-3-10-20-42)54(45)58(49)44-29-25-39(26-30-44)55-56-48-23-13-14-24-51(48)59(55)43-21-11-4-12-22-43/h1-36H. The smallest absolute Gasteiger partial charge is 0.145 e. The third-order valence-corrected chi connectivity index (χ3v) is 11.8. The predicted octanol–water partition coefficient (Wildman–Crippen LogP) is 14.2. The van der Waals surface area contributed by atoms with Crippen molar-refractivity contribution in [1.82, 2.24) is 18.7 Å². The molecule has 3 heterocycles. The molecule has 0 amide bonds. The van der Waals surface area contributed by atoms with Gasteiger partial charge in [-0.25, -0.2) is 4.98 Å². The molecule has 0 bridgehead atoms. The molecule has 0 radical (unpaired) electrons. The van der Waals surface area contributed by atoms with E-state index in [9.17, 15) is 0 Å². The second-order valence-electron chi connectivity index (χ2n) is 15.2. The van der Waals surface area contributed by atoms with E-state index in [1.165, 1.54) is 60.3 Å². The molecule has 12 rings (SSSR count). The lowest BCUT2D eigenvalue weighted by Gasteiger charge is -2.12. The number of nitrogens with zero attached hydrogens (tertiary/aromatic N) is 4. The highest BCUT2D eigenvalue weighted by Crippen LogP contribution is 2.44. The topological polar surface area (TPSA) is 27.7 Å². The summed E-state index contributed by atoms with van der Waals surface area (Å²) in [6.07, 6.45) is 0. The lowest BCUT2D eigenvalue weighted by Crippen LogP contribution is -1.98. The van der Waals surface area contributed by atoms with Gasteiger partial charge in [-0.15, -0.1) is 0 Å². The zero-order chi connectivity index (χ0) is 38.9. The highest BCUT2D eigenvalue weighted by atomic mass is 15.1. The van der Waals surface area contributed by atoms with Gasteiger partial charge >= 0.3 is 0 Å². The van der Waals surface area contributed by atoms with Gasteiger partial charge in [-0.3, -0.25) is 4.57 Å². The molecular weight excluding hydrogens is 717 g/mol. The lowest BCUT2D eigenvalue weighted by atomic mass is 10.0. The largest absolute Gasteiger partial charge is 0.309 e. The van der Waals surface area contributed by atoms with Crippen LogP contribution in [0.3, 0.4) is 0 Å². The molecule has 276 valence electrons. The van der Waals surface area contributed by atoms with Crippen molar-refractivity contribution >= 4 is 54.6 Å². The zero-order valence-electron chi connectivity index (χ0n) is 32.1. The Morgan fingerprint density at radius 3 is 1.42 bits per heavy atom. The summed E-state index contributed by atoms with van der Waals surface area (Å²) in [5.41, 5.74) is 15.9. The maximum Gasteiger partial charge on any atom is 0.145 e. The number of benzene rings is 9. The van der Waals surface area contributed by atoms with E-state index >= 15 is 0 Å². The van der Waals surface area contributed by atoms with Crippen LogP contribution in [-0.2, 0) is 0 Å². The van der Waals surface area contributed by atoms with Crippen LogP contribution in [0.4, 0.5) is 0 Å². The molecule has 0 saturated carbocycles. The van der Waals surface area contributed by atoms with E-state index in [2.05, 4.69) is 232 Å². The second-order valence-corrected chi connectivity index (χ2v) is 15.2. The Balaban J connectivity index is 1.16. The molecule has 0 N–H and O–H groups in total. The van der Waals surface area contributed by atoms with Gasteiger partial charge in [0.2, 0.25) is 0 Å². The monoisotopic (exact) mass is 752 g/mol. The third-order valence-electron chi connectivity index (χ3n) is 11.8. The van der Waals surface area contributed by atoms with Crippen LogP contribution in [0.15, 0.2) is 218 Å². The van der Waals surface area contributed by atoms with E-state index in [4.69, 9.17) is 4.98 Å². The molecule has 9 aromatic carbocycles. The quantitative estimate of drug-likeness (QED) is 0.166. The van der Waals surface area contributed by atoms with Crippen molar-refractivity contribution in [1.29, 1.82) is 0 Å². The zero-order valence-corrected chi connectivity index (χ0v) is 32.1. The van der Waals surface area contributed by atoms with Crippen LogP contribution >= 0.6 is 0 Å². The maximum atomic E-state index is 5.18. The average molecular weight is 753 g/mol. The van der Waals surface area contributed by atoms with E-state index in [1.54, 1.807) is 0 Å². The van der Waals surface area contributed by atoms with Crippen LogP contribution < -0.4 is 0 Å². The van der Waals surface area contributed by atoms with E-state index in [0.717, 1.165) is 45.0 Å². The first kappa shape index (κ1) is 33.2. The molecule has 0 atom stereocenters. The van der Waals surface area contributed by atoms with Crippen LogP contribution in [0.25, 0.3) is 105 Å². The number of aromatic nitrogens is 4. The third kappa shape index (κ3) is 5.27. The summed E-state index contributed by atoms with van der Waals surface area (Å²) < 4.78 is 7.17. The van der Waals surface area contributed by atoms with Crippen LogP contribution in [0.1, 0.15) is 0 Å². The Bertz CT molecular complexity index is 3510. The van der Waals surface area contributed by atoms with Crippen molar-refractivity contribution in [2.24, 2.45) is 0 Å². The van der Waals surface area contributed by atoms with E-state index < -0.39 is 0 Å². The number of hydrogen-bond donors (Lipinski definition) is 0. The van der Waals surface area contributed by atoms with Crippen LogP contribution in [0.2, 0.25) is 0 Å². The molecule has 59 heavy (non-hydrogen) atoms. The SMILES string of the molecule is c1ccc(-c2ccc3c(c2)c2c(ccc4c5cc(-c6ccccc6)ccc5n(-c5ccc(-c6nc7ccccc7n6-c6ccccc6)cc5)c42)n3-c2ccccc2)cc1. The minimum Gasteiger partial charge on any atom is -0.309 e. The molecular formula is C55H36N4. The normalized spacial score (nSPS) is 11.7. The molecule has 0 spiro atoms. The van der Waals surface area contributed by atoms with Crippen molar-refractivity contribution < 1.29 is 0 Å². The molecule has 4 heteroatoms. The van der Waals surface area contributed by atoms with Crippen molar-refractivity contribution in [3.8, 4) is 50.7 Å². The Morgan fingerprint density at radius 2 is 0.780 bits per heavy atom. The fraction of sp³-hybridized carbons (Fsp3) is 0. The molecule has 0 aliphatic carbocycles. The van der Waals surface area contributed by atoms with Gasteiger partial charge in [-0.05, 0) is 113 Å². The van der Waals surface area contributed by atoms with Crippen molar-refractivity contribution in [2.45, 2.75) is 0 Å². The fourth-order valence-electron chi connectivity index (χ4n) is 9.17. The van der Waals surface area contributed by atoms with Crippen molar-refractivity contribution in [3.05, 3.63) is 218 Å². The summed E-state index contributed by atoms with van der Waals surface area (Å²) in [5, 5.41) is 4.89. The van der Waals surface area contributed by atoms with Gasteiger partial charge in [0.25, 0.3) is 0 Å². The highest BCUT2D eigenvalue weighted by Gasteiger charge is 2.22. The Morgan fingerprint density at radius 1 is 0.288 bits per heavy atom. The van der Waals surface area contributed by atoms with Gasteiger partial charge in [-0.1, -0.05) is 127 Å².